The third kappa shape index (κ3) is 4.77. The van der Waals surface area contributed by atoms with Gasteiger partial charge < -0.3 is 19.9 Å². The van der Waals surface area contributed by atoms with Crippen molar-refractivity contribution in [2.24, 2.45) is 0 Å². The normalized spacial score (nSPS) is 21.4. The number of aromatic hydroxyl groups is 1. The molecular weight excluding hydrogens is 413 g/mol. The number of hydrogen-bond donors (Lipinski definition) is 2. The maximum absolute atomic E-state index is 13.1. The molecule has 2 N–H and O–H groups in total. The lowest BCUT2D eigenvalue weighted by molar-refractivity contribution is -0.165. The number of nitrogens with one attached hydrogen (secondary N) is 1. The zero-order valence-electron chi connectivity index (χ0n) is 16.9. The molecule has 0 fully saturated rings. The number of rotatable bonds is 3. The summed E-state index contributed by atoms with van der Waals surface area (Å²) in [7, 11) is 1.18. The number of esters is 1. The number of carbonyl (C=O) groups is 1. The van der Waals surface area contributed by atoms with E-state index >= 15 is 0 Å². The highest BCUT2D eigenvalue weighted by molar-refractivity contribution is 5.76. The number of nitrogens with zero attached hydrogens (tertiary/aromatic N) is 1. The largest absolute Gasteiger partial charge is 0.508 e. The molecule has 2 heterocycles. The summed E-state index contributed by atoms with van der Waals surface area (Å²) in [5.41, 5.74) is 3.28. The molecule has 9 heteroatoms. The lowest BCUT2D eigenvalue weighted by Gasteiger charge is -2.36. The van der Waals surface area contributed by atoms with Crippen LogP contribution in [0.4, 0.5) is 13.2 Å². The Morgan fingerprint density at radius 2 is 1.97 bits per heavy atom. The van der Waals surface area contributed by atoms with Gasteiger partial charge in [0.15, 0.2) is 0 Å². The molecule has 0 unspecified atom stereocenters. The summed E-state index contributed by atoms with van der Waals surface area (Å²) in [6, 6.07) is 9.41. The number of alkyl halides is 3. The van der Waals surface area contributed by atoms with Gasteiger partial charge in [0.05, 0.1) is 13.7 Å². The zero-order valence-corrected chi connectivity index (χ0v) is 16.9. The Bertz CT molecular complexity index is 962. The molecule has 2 aliphatic heterocycles. The van der Waals surface area contributed by atoms with Gasteiger partial charge in [-0.05, 0) is 41.3 Å². The Labute approximate surface area is 177 Å². The summed E-state index contributed by atoms with van der Waals surface area (Å²) >= 11 is 0. The summed E-state index contributed by atoms with van der Waals surface area (Å²) in [5, 5.41) is 12.8. The summed E-state index contributed by atoms with van der Waals surface area (Å²) in [6.07, 6.45) is -4.59. The number of carbonyl (C=O) groups excluding carboxylic acids is 1. The van der Waals surface area contributed by atoms with Crippen LogP contribution in [0.1, 0.15) is 28.4 Å². The number of benzene rings is 2. The number of fused-ring (bicyclic) bond motifs is 2. The first kappa shape index (κ1) is 21.5. The second-order valence-electron chi connectivity index (χ2n) is 7.82. The van der Waals surface area contributed by atoms with Crippen LogP contribution in [0, 0.1) is 0 Å². The first-order valence-corrected chi connectivity index (χ1v) is 9.93. The van der Waals surface area contributed by atoms with Gasteiger partial charge in [0.25, 0.3) is 0 Å². The molecule has 0 amide bonds. The first-order valence-electron chi connectivity index (χ1n) is 9.93. The highest BCUT2D eigenvalue weighted by Gasteiger charge is 2.40. The molecule has 0 aromatic heterocycles. The van der Waals surface area contributed by atoms with Crippen molar-refractivity contribution < 1.29 is 32.5 Å². The minimum Gasteiger partial charge on any atom is -0.508 e. The van der Waals surface area contributed by atoms with Crippen LogP contribution in [0.2, 0.25) is 0 Å². The van der Waals surface area contributed by atoms with Crippen LogP contribution in [-0.2, 0) is 29.0 Å². The van der Waals surface area contributed by atoms with Crippen LogP contribution in [0.5, 0.6) is 11.5 Å². The predicted octanol–water partition coefficient (Wildman–Crippen LogP) is 3.08. The quantitative estimate of drug-likeness (QED) is 0.721. The van der Waals surface area contributed by atoms with E-state index in [-0.39, 0.29) is 24.8 Å². The highest BCUT2D eigenvalue weighted by atomic mass is 19.4. The van der Waals surface area contributed by atoms with Gasteiger partial charge in [-0.15, -0.1) is 0 Å². The van der Waals surface area contributed by atoms with Crippen molar-refractivity contribution in [1.29, 1.82) is 0 Å². The number of phenolic OH excluding ortho intramolecular Hbond substituents is 1. The number of ether oxygens (including phenoxy) is 2. The monoisotopic (exact) mass is 436 g/mol. The highest BCUT2D eigenvalue weighted by Crippen LogP contribution is 2.35. The molecule has 0 bridgehead atoms. The summed E-state index contributed by atoms with van der Waals surface area (Å²) < 4.78 is 50.3. The van der Waals surface area contributed by atoms with Gasteiger partial charge in [0.1, 0.15) is 23.6 Å². The molecule has 0 saturated carbocycles. The van der Waals surface area contributed by atoms with E-state index in [1.165, 1.54) is 7.11 Å². The van der Waals surface area contributed by atoms with E-state index in [1.54, 1.807) is 30.3 Å². The topological polar surface area (TPSA) is 71.0 Å². The lowest BCUT2D eigenvalue weighted by Crippen LogP contribution is -2.49. The Hall–Kier alpha value is -2.78. The molecule has 2 aliphatic rings. The standard InChI is InChI=1S/C22H23F3N2O4/c1-30-21(29)18-7-14-6-15-9-26-10-20(13-2-4-17(28)5-3-13)31-19(15)8-16(14)11-27(18)12-22(23,24)25/h2-6,8,18,20,26,28H,7,9-12H2,1H3/t18-,20+/m0/s1. The molecule has 2 atom stereocenters. The summed E-state index contributed by atoms with van der Waals surface area (Å²) in [6.45, 7) is -0.147. The fraction of sp³-hybridized carbons (Fsp3) is 0.409. The van der Waals surface area contributed by atoms with Gasteiger partial charge in [-0.25, -0.2) is 0 Å². The van der Waals surface area contributed by atoms with Crippen molar-refractivity contribution in [3.05, 3.63) is 58.7 Å². The van der Waals surface area contributed by atoms with Crippen LogP contribution >= 0.6 is 0 Å². The molecule has 0 spiro atoms. The van der Waals surface area contributed by atoms with E-state index in [4.69, 9.17) is 9.47 Å². The average molecular weight is 436 g/mol. The maximum atomic E-state index is 13.1. The van der Waals surface area contributed by atoms with Crippen LogP contribution in [-0.4, -0.2) is 48.4 Å². The Morgan fingerprint density at radius 3 is 2.65 bits per heavy atom. The minimum atomic E-state index is -4.43. The molecule has 0 radical (unpaired) electrons. The predicted molar refractivity (Wildman–Crippen MR) is 106 cm³/mol. The third-order valence-corrected chi connectivity index (χ3v) is 5.65. The molecule has 2 aromatic rings. The summed E-state index contributed by atoms with van der Waals surface area (Å²) in [4.78, 5) is 13.3. The van der Waals surface area contributed by atoms with Crippen molar-refractivity contribution in [3.8, 4) is 11.5 Å². The van der Waals surface area contributed by atoms with Crippen LogP contribution in [0.3, 0.4) is 0 Å². The number of phenols is 1. The molecule has 0 saturated heterocycles. The van der Waals surface area contributed by atoms with E-state index in [9.17, 15) is 23.1 Å². The molecule has 0 aliphatic carbocycles. The molecule has 2 aromatic carbocycles. The van der Waals surface area contributed by atoms with E-state index < -0.39 is 24.7 Å². The van der Waals surface area contributed by atoms with E-state index in [0.717, 1.165) is 21.6 Å². The minimum absolute atomic E-state index is 0.0252. The van der Waals surface area contributed by atoms with Crippen molar-refractivity contribution >= 4 is 5.97 Å². The lowest BCUT2D eigenvalue weighted by atomic mass is 9.91. The van der Waals surface area contributed by atoms with Crippen molar-refractivity contribution in [1.82, 2.24) is 10.2 Å². The van der Waals surface area contributed by atoms with Crippen molar-refractivity contribution in [3.63, 3.8) is 0 Å². The number of hydrogen-bond acceptors (Lipinski definition) is 6. The third-order valence-electron chi connectivity index (χ3n) is 5.65. The Balaban J connectivity index is 1.64. The second kappa shape index (κ2) is 8.39. The Morgan fingerprint density at radius 1 is 1.23 bits per heavy atom. The SMILES string of the molecule is COC(=O)[C@@H]1Cc2cc3c(cc2CN1CC(F)(F)F)O[C@@H](c1ccc(O)cc1)CNC3. The maximum Gasteiger partial charge on any atom is 0.401 e. The van der Waals surface area contributed by atoms with Crippen molar-refractivity contribution in [2.75, 3.05) is 20.2 Å². The van der Waals surface area contributed by atoms with Gasteiger partial charge in [0.2, 0.25) is 0 Å². The fourth-order valence-electron chi connectivity index (χ4n) is 4.14. The van der Waals surface area contributed by atoms with E-state index in [0.29, 0.717) is 24.4 Å². The molecule has 166 valence electrons. The smallest absolute Gasteiger partial charge is 0.401 e. The average Bonchev–Trinajstić information content (AvgIpc) is 2.92. The fourth-order valence-corrected chi connectivity index (χ4v) is 4.14. The van der Waals surface area contributed by atoms with E-state index in [2.05, 4.69) is 5.32 Å². The summed E-state index contributed by atoms with van der Waals surface area (Å²) in [5.74, 6) is 0.0848. The van der Waals surface area contributed by atoms with Crippen LogP contribution < -0.4 is 10.1 Å². The van der Waals surface area contributed by atoms with Gasteiger partial charge in [0, 0.05) is 25.2 Å². The number of methoxy groups -OCH3 is 1. The van der Waals surface area contributed by atoms with Crippen molar-refractivity contribution in [2.45, 2.75) is 37.8 Å². The second-order valence-corrected chi connectivity index (χ2v) is 7.82. The molecule has 31 heavy (non-hydrogen) atoms. The van der Waals surface area contributed by atoms with Crippen LogP contribution in [0.15, 0.2) is 36.4 Å². The van der Waals surface area contributed by atoms with Gasteiger partial charge in [-0.2, -0.15) is 13.2 Å². The van der Waals surface area contributed by atoms with Crippen LogP contribution in [0.25, 0.3) is 0 Å². The zero-order chi connectivity index (χ0) is 22.2. The van der Waals surface area contributed by atoms with Gasteiger partial charge in [-0.1, -0.05) is 18.2 Å². The van der Waals surface area contributed by atoms with Gasteiger partial charge in [-0.3, -0.25) is 9.69 Å². The molecular formula is C22H23F3N2O4. The number of halogens is 3. The van der Waals surface area contributed by atoms with Gasteiger partial charge >= 0.3 is 12.1 Å². The van der Waals surface area contributed by atoms with E-state index in [1.807, 2.05) is 6.07 Å². The Kier molecular flexibility index (Phi) is 5.81. The first-order chi connectivity index (χ1) is 14.7. The molecule has 4 rings (SSSR count). The molecule has 6 nitrogen and oxygen atoms in total.